The molecule has 2 aromatic rings. The van der Waals surface area contributed by atoms with Gasteiger partial charge in [0, 0.05) is 11.4 Å². The number of benzene rings is 2. The van der Waals surface area contributed by atoms with E-state index in [1.807, 2.05) is 37.3 Å². The van der Waals surface area contributed by atoms with Crippen LogP contribution in [0, 0.1) is 0 Å². The Morgan fingerprint density at radius 1 is 1.19 bits per heavy atom. The molecule has 3 rings (SSSR count). The van der Waals surface area contributed by atoms with Gasteiger partial charge in [0.15, 0.2) is 6.61 Å². The molecule has 140 valence electrons. The summed E-state index contributed by atoms with van der Waals surface area (Å²) < 4.78 is 5.06. The highest BCUT2D eigenvalue weighted by Gasteiger charge is 2.24. The SMILES string of the molecule is CC1Sc2ccc(C(=O)OCC(=O)NCCc3ccccc3)cc2NC1=O. The highest BCUT2D eigenvalue weighted by molar-refractivity contribution is 8.00. The molecule has 1 unspecified atom stereocenters. The van der Waals surface area contributed by atoms with Crippen LogP contribution in [0.1, 0.15) is 22.8 Å². The van der Waals surface area contributed by atoms with Gasteiger partial charge in [-0.2, -0.15) is 0 Å². The van der Waals surface area contributed by atoms with E-state index in [2.05, 4.69) is 10.6 Å². The second-order valence-electron chi connectivity index (χ2n) is 6.12. The van der Waals surface area contributed by atoms with Crippen molar-refractivity contribution in [3.63, 3.8) is 0 Å². The maximum Gasteiger partial charge on any atom is 0.338 e. The van der Waals surface area contributed by atoms with E-state index < -0.39 is 5.97 Å². The van der Waals surface area contributed by atoms with Crippen LogP contribution in [-0.4, -0.2) is 36.2 Å². The zero-order valence-corrected chi connectivity index (χ0v) is 15.7. The Kier molecular flexibility index (Phi) is 6.13. The summed E-state index contributed by atoms with van der Waals surface area (Å²) in [6.07, 6.45) is 0.709. The molecule has 1 aliphatic rings. The largest absolute Gasteiger partial charge is 0.452 e. The maximum absolute atomic E-state index is 12.2. The van der Waals surface area contributed by atoms with Gasteiger partial charge in [0.25, 0.3) is 5.91 Å². The number of carbonyl (C=O) groups is 3. The maximum atomic E-state index is 12.2. The molecule has 27 heavy (non-hydrogen) atoms. The second-order valence-corrected chi connectivity index (χ2v) is 7.50. The quantitative estimate of drug-likeness (QED) is 0.748. The molecular formula is C20H20N2O4S. The third-order valence-corrected chi connectivity index (χ3v) is 5.24. The zero-order chi connectivity index (χ0) is 19.2. The smallest absolute Gasteiger partial charge is 0.338 e. The topological polar surface area (TPSA) is 84.5 Å². The van der Waals surface area contributed by atoms with Crippen molar-refractivity contribution in [3.8, 4) is 0 Å². The molecule has 0 aliphatic carbocycles. The van der Waals surface area contributed by atoms with Crippen LogP contribution in [0.5, 0.6) is 0 Å². The second kappa shape index (κ2) is 8.73. The molecule has 0 saturated carbocycles. The van der Waals surface area contributed by atoms with E-state index in [1.165, 1.54) is 11.8 Å². The normalized spacial score (nSPS) is 15.4. The van der Waals surface area contributed by atoms with Gasteiger partial charge in [0.2, 0.25) is 5.91 Å². The Bertz CT molecular complexity index is 854. The van der Waals surface area contributed by atoms with Gasteiger partial charge in [0.05, 0.1) is 16.5 Å². The Balaban J connectivity index is 1.47. The van der Waals surface area contributed by atoms with Gasteiger partial charge in [-0.15, -0.1) is 11.8 Å². The lowest BCUT2D eigenvalue weighted by atomic mass is 10.1. The highest BCUT2D eigenvalue weighted by Crippen LogP contribution is 2.35. The number of carbonyl (C=O) groups excluding carboxylic acids is 3. The monoisotopic (exact) mass is 384 g/mol. The van der Waals surface area contributed by atoms with Gasteiger partial charge >= 0.3 is 5.97 Å². The van der Waals surface area contributed by atoms with Gasteiger partial charge in [-0.25, -0.2) is 4.79 Å². The summed E-state index contributed by atoms with van der Waals surface area (Å²) in [7, 11) is 0. The van der Waals surface area contributed by atoms with Gasteiger partial charge in [-0.05, 0) is 37.1 Å². The fraction of sp³-hybridized carbons (Fsp3) is 0.250. The highest BCUT2D eigenvalue weighted by atomic mass is 32.2. The summed E-state index contributed by atoms with van der Waals surface area (Å²) >= 11 is 1.44. The van der Waals surface area contributed by atoms with E-state index in [4.69, 9.17) is 4.74 Å². The molecule has 0 fully saturated rings. The van der Waals surface area contributed by atoms with Crippen molar-refractivity contribution in [3.05, 3.63) is 59.7 Å². The van der Waals surface area contributed by atoms with Crippen LogP contribution in [-0.2, 0) is 20.7 Å². The Hall–Kier alpha value is -2.80. The molecular weight excluding hydrogens is 364 g/mol. The van der Waals surface area contributed by atoms with E-state index >= 15 is 0 Å². The average Bonchev–Trinajstić information content (AvgIpc) is 2.67. The molecule has 0 spiro atoms. The number of hydrogen-bond acceptors (Lipinski definition) is 5. The average molecular weight is 384 g/mol. The minimum absolute atomic E-state index is 0.101. The van der Waals surface area contributed by atoms with Crippen molar-refractivity contribution < 1.29 is 19.1 Å². The fourth-order valence-corrected chi connectivity index (χ4v) is 3.52. The van der Waals surface area contributed by atoms with E-state index in [0.717, 1.165) is 10.5 Å². The van der Waals surface area contributed by atoms with Crippen LogP contribution in [0.15, 0.2) is 53.4 Å². The minimum atomic E-state index is -0.603. The number of nitrogens with one attached hydrogen (secondary N) is 2. The molecule has 0 aromatic heterocycles. The summed E-state index contributed by atoms with van der Waals surface area (Å²) in [6, 6.07) is 14.8. The van der Waals surface area contributed by atoms with E-state index in [1.54, 1.807) is 18.2 Å². The lowest BCUT2D eigenvalue weighted by Gasteiger charge is -2.21. The van der Waals surface area contributed by atoms with Crippen LogP contribution < -0.4 is 10.6 Å². The molecule has 0 saturated heterocycles. The predicted molar refractivity (Wildman–Crippen MR) is 104 cm³/mol. The minimum Gasteiger partial charge on any atom is -0.452 e. The third kappa shape index (κ3) is 5.10. The first-order valence-corrected chi connectivity index (χ1v) is 9.50. The number of ether oxygens (including phenoxy) is 1. The summed E-state index contributed by atoms with van der Waals surface area (Å²) in [4.78, 5) is 36.6. The molecule has 1 aliphatic heterocycles. The van der Waals surface area contributed by atoms with E-state index in [9.17, 15) is 14.4 Å². The van der Waals surface area contributed by atoms with Crippen molar-refractivity contribution >= 4 is 35.2 Å². The molecule has 6 nitrogen and oxygen atoms in total. The number of hydrogen-bond donors (Lipinski definition) is 2. The zero-order valence-electron chi connectivity index (χ0n) is 14.9. The summed E-state index contributed by atoms with van der Waals surface area (Å²) in [6.45, 7) is 1.95. The molecule has 2 amide bonds. The number of rotatable bonds is 6. The molecule has 1 heterocycles. The molecule has 7 heteroatoms. The lowest BCUT2D eigenvalue weighted by Crippen LogP contribution is -2.30. The van der Waals surface area contributed by atoms with Crippen LogP contribution in [0.2, 0.25) is 0 Å². The Labute approximate surface area is 161 Å². The van der Waals surface area contributed by atoms with Crippen LogP contribution in [0.25, 0.3) is 0 Å². The third-order valence-electron chi connectivity index (χ3n) is 4.06. The molecule has 1 atom stereocenters. The first-order chi connectivity index (χ1) is 13.0. The van der Waals surface area contributed by atoms with E-state index in [-0.39, 0.29) is 23.7 Å². The van der Waals surface area contributed by atoms with Crippen molar-refractivity contribution in [1.29, 1.82) is 0 Å². The van der Waals surface area contributed by atoms with Crippen molar-refractivity contribution in [2.24, 2.45) is 0 Å². The first kappa shape index (κ1) is 19.0. The number of anilines is 1. The van der Waals surface area contributed by atoms with Crippen LogP contribution >= 0.6 is 11.8 Å². The van der Waals surface area contributed by atoms with Crippen molar-refractivity contribution in [2.75, 3.05) is 18.5 Å². The van der Waals surface area contributed by atoms with Crippen LogP contribution in [0.4, 0.5) is 5.69 Å². The van der Waals surface area contributed by atoms with Gasteiger partial charge < -0.3 is 15.4 Å². The molecule has 0 radical (unpaired) electrons. The lowest BCUT2D eigenvalue weighted by molar-refractivity contribution is -0.124. The van der Waals surface area contributed by atoms with Gasteiger partial charge in [-0.1, -0.05) is 30.3 Å². The molecule has 0 bridgehead atoms. The number of thioether (sulfide) groups is 1. The fourth-order valence-electron chi connectivity index (χ4n) is 2.59. The number of amides is 2. The predicted octanol–water partition coefficient (Wildman–Crippen LogP) is 2.64. The summed E-state index contributed by atoms with van der Waals surface area (Å²) in [5.74, 6) is -1.06. The molecule has 2 N–H and O–H groups in total. The number of esters is 1. The summed E-state index contributed by atoms with van der Waals surface area (Å²) in [5.41, 5.74) is 2.00. The van der Waals surface area contributed by atoms with E-state index in [0.29, 0.717) is 24.2 Å². The Morgan fingerprint density at radius 3 is 2.74 bits per heavy atom. The summed E-state index contributed by atoms with van der Waals surface area (Å²) in [5, 5.41) is 5.32. The van der Waals surface area contributed by atoms with Gasteiger partial charge in [-0.3, -0.25) is 9.59 Å². The number of fused-ring (bicyclic) bond motifs is 1. The van der Waals surface area contributed by atoms with Crippen LogP contribution in [0.3, 0.4) is 0 Å². The standard InChI is InChI=1S/C20H20N2O4S/c1-13-19(24)22-16-11-15(7-8-17(16)27-13)20(25)26-12-18(23)21-10-9-14-5-3-2-4-6-14/h2-8,11,13H,9-10,12H2,1H3,(H,21,23)(H,22,24). The Morgan fingerprint density at radius 2 is 1.96 bits per heavy atom. The molecule has 2 aromatic carbocycles. The van der Waals surface area contributed by atoms with Crippen molar-refractivity contribution in [1.82, 2.24) is 5.32 Å². The van der Waals surface area contributed by atoms with Crippen molar-refractivity contribution in [2.45, 2.75) is 23.5 Å². The first-order valence-electron chi connectivity index (χ1n) is 8.62. The van der Waals surface area contributed by atoms with Gasteiger partial charge in [0.1, 0.15) is 0 Å².